The molecule has 29 heavy (non-hydrogen) atoms. The molecule has 152 valence electrons. The molecule has 6 heteroatoms. The maximum absolute atomic E-state index is 10.6. The van der Waals surface area contributed by atoms with E-state index >= 15 is 0 Å². The molecular weight excluding hydrogens is 386 g/mol. The zero-order chi connectivity index (χ0) is 20.6. The van der Waals surface area contributed by atoms with Crippen LogP contribution in [-0.4, -0.2) is 28.4 Å². The highest BCUT2D eigenvalue weighted by molar-refractivity contribution is 7.99. The van der Waals surface area contributed by atoms with Crippen LogP contribution < -0.4 is 4.74 Å². The second kappa shape index (κ2) is 10.2. The monoisotopic (exact) mass is 411 g/mol. The lowest BCUT2D eigenvalue weighted by Gasteiger charge is -2.07. The Morgan fingerprint density at radius 1 is 1.17 bits per heavy atom. The molecule has 1 heterocycles. The Labute approximate surface area is 175 Å². The summed E-state index contributed by atoms with van der Waals surface area (Å²) in [5, 5.41) is 8.73. The SMILES string of the molecule is CCc1ccc(-c2nc(CCOc3cccc(CSCC(=O)O)c3)c(C)o2)cc1. The van der Waals surface area contributed by atoms with Gasteiger partial charge in [-0.25, -0.2) is 4.98 Å². The van der Waals surface area contributed by atoms with Gasteiger partial charge < -0.3 is 14.3 Å². The van der Waals surface area contributed by atoms with Crippen molar-refractivity contribution in [1.29, 1.82) is 0 Å². The Bertz CT molecular complexity index is 950. The van der Waals surface area contributed by atoms with Crippen molar-refractivity contribution in [3.8, 4) is 17.2 Å². The fourth-order valence-electron chi connectivity index (χ4n) is 2.91. The van der Waals surface area contributed by atoms with Crippen LogP contribution in [0.1, 0.15) is 29.5 Å². The van der Waals surface area contributed by atoms with Crippen molar-refractivity contribution in [3.05, 3.63) is 71.1 Å². The molecule has 0 fully saturated rings. The minimum Gasteiger partial charge on any atom is -0.493 e. The summed E-state index contributed by atoms with van der Waals surface area (Å²) >= 11 is 1.37. The molecule has 2 aromatic carbocycles. The summed E-state index contributed by atoms with van der Waals surface area (Å²) in [5.41, 5.74) is 4.20. The Balaban J connectivity index is 1.55. The molecule has 0 aliphatic carbocycles. The van der Waals surface area contributed by atoms with E-state index < -0.39 is 5.97 Å². The van der Waals surface area contributed by atoms with Gasteiger partial charge in [-0.3, -0.25) is 4.79 Å². The van der Waals surface area contributed by atoms with Crippen LogP contribution in [0.15, 0.2) is 52.9 Å². The molecule has 0 aliphatic heterocycles. The van der Waals surface area contributed by atoms with E-state index in [0.717, 1.165) is 34.8 Å². The summed E-state index contributed by atoms with van der Waals surface area (Å²) in [5.74, 6) is 2.16. The Hall–Kier alpha value is -2.73. The first-order valence-corrected chi connectivity index (χ1v) is 10.8. The van der Waals surface area contributed by atoms with Gasteiger partial charge in [-0.05, 0) is 48.7 Å². The van der Waals surface area contributed by atoms with Crippen molar-refractivity contribution in [2.45, 2.75) is 32.4 Å². The van der Waals surface area contributed by atoms with Crippen molar-refractivity contribution >= 4 is 17.7 Å². The fraction of sp³-hybridized carbons (Fsp3) is 0.304. The van der Waals surface area contributed by atoms with E-state index in [-0.39, 0.29) is 5.75 Å². The van der Waals surface area contributed by atoms with Gasteiger partial charge in [0, 0.05) is 17.7 Å². The number of aliphatic carboxylic acids is 1. The summed E-state index contributed by atoms with van der Waals surface area (Å²) in [6, 6.07) is 16.0. The van der Waals surface area contributed by atoms with Crippen LogP contribution in [0.4, 0.5) is 0 Å². The van der Waals surface area contributed by atoms with Crippen molar-refractivity contribution in [2.24, 2.45) is 0 Å². The van der Waals surface area contributed by atoms with E-state index in [1.807, 2.05) is 43.3 Å². The molecule has 1 N–H and O–H groups in total. The van der Waals surface area contributed by atoms with E-state index in [0.29, 0.717) is 24.7 Å². The Morgan fingerprint density at radius 2 is 1.97 bits per heavy atom. The Kier molecular flexibility index (Phi) is 7.36. The lowest BCUT2D eigenvalue weighted by Crippen LogP contribution is -2.03. The lowest BCUT2D eigenvalue weighted by atomic mass is 10.1. The number of aromatic nitrogens is 1. The average molecular weight is 412 g/mol. The van der Waals surface area contributed by atoms with E-state index in [2.05, 4.69) is 24.0 Å². The molecule has 3 aromatic rings. The van der Waals surface area contributed by atoms with Crippen molar-refractivity contribution < 1.29 is 19.1 Å². The number of carboxylic acids is 1. The van der Waals surface area contributed by atoms with Crippen LogP contribution in [0.2, 0.25) is 0 Å². The van der Waals surface area contributed by atoms with Crippen LogP contribution >= 0.6 is 11.8 Å². The highest BCUT2D eigenvalue weighted by atomic mass is 32.2. The molecule has 0 aliphatic rings. The first-order valence-electron chi connectivity index (χ1n) is 9.62. The van der Waals surface area contributed by atoms with Gasteiger partial charge in [-0.2, -0.15) is 0 Å². The topological polar surface area (TPSA) is 72.6 Å². The highest BCUT2D eigenvalue weighted by Gasteiger charge is 2.11. The second-order valence-corrected chi connectivity index (χ2v) is 7.69. The molecule has 0 unspecified atom stereocenters. The molecule has 3 rings (SSSR count). The molecule has 1 aromatic heterocycles. The first kappa shape index (κ1) is 21.0. The summed E-state index contributed by atoms with van der Waals surface area (Å²) in [6.07, 6.45) is 1.66. The summed E-state index contributed by atoms with van der Waals surface area (Å²) < 4.78 is 11.7. The summed E-state index contributed by atoms with van der Waals surface area (Å²) in [6.45, 7) is 4.55. The van der Waals surface area contributed by atoms with Crippen LogP contribution in [0, 0.1) is 6.92 Å². The number of nitrogens with zero attached hydrogens (tertiary/aromatic N) is 1. The third-order valence-electron chi connectivity index (χ3n) is 4.50. The molecule has 0 spiro atoms. The van der Waals surface area contributed by atoms with E-state index in [9.17, 15) is 4.79 Å². The minimum atomic E-state index is -0.800. The number of carbonyl (C=O) groups is 1. The smallest absolute Gasteiger partial charge is 0.313 e. The zero-order valence-electron chi connectivity index (χ0n) is 16.7. The summed E-state index contributed by atoms with van der Waals surface area (Å²) in [7, 11) is 0. The third kappa shape index (κ3) is 6.12. The van der Waals surface area contributed by atoms with Crippen LogP contribution in [0.3, 0.4) is 0 Å². The summed E-state index contributed by atoms with van der Waals surface area (Å²) in [4.78, 5) is 15.3. The molecule has 0 bridgehead atoms. The predicted molar refractivity (Wildman–Crippen MR) is 115 cm³/mol. The number of benzene rings is 2. The zero-order valence-corrected chi connectivity index (χ0v) is 17.5. The van der Waals surface area contributed by atoms with Crippen molar-refractivity contribution in [1.82, 2.24) is 4.98 Å². The molecular formula is C23H25NO4S. The van der Waals surface area contributed by atoms with Gasteiger partial charge in [0.05, 0.1) is 18.1 Å². The third-order valence-corrected chi connectivity index (χ3v) is 5.49. The van der Waals surface area contributed by atoms with Gasteiger partial charge in [-0.1, -0.05) is 31.2 Å². The van der Waals surface area contributed by atoms with Gasteiger partial charge in [0.15, 0.2) is 0 Å². The highest BCUT2D eigenvalue weighted by Crippen LogP contribution is 2.23. The van der Waals surface area contributed by atoms with Gasteiger partial charge in [0.25, 0.3) is 0 Å². The number of hydrogen-bond donors (Lipinski definition) is 1. The predicted octanol–water partition coefficient (Wildman–Crippen LogP) is 5.15. The second-order valence-electron chi connectivity index (χ2n) is 6.70. The number of carboxylic acid groups (broad SMARTS) is 1. The minimum absolute atomic E-state index is 0.0972. The number of rotatable bonds is 10. The van der Waals surface area contributed by atoms with E-state index in [1.54, 1.807) is 0 Å². The van der Waals surface area contributed by atoms with Gasteiger partial charge >= 0.3 is 5.97 Å². The molecule has 0 radical (unpaired) electrons. The van der Waals surface area contributed by atoms with E-state index in [4.69, 9.17) is 14.3 Å². The van der Waals surface area contributed by atoms with Gasteiger partial charge in [-0.15, -0.1) is 11.8 Å². The molecule has 0 saturated heterocycles. The van der Waals surface area contributed by atoms with Gasteiger partial charge in [0.1, 0.15) is 11.5 Å². The molecule has 0 saturated carbocycles. The fourth-order valence-corrected chi connectivity index (χ4v) is 3.61. The molecule has 0 amide bonds. The molecule has 5 nitrogen and oxygen atoms in total. The standard InChI is InChI=1S/C23H25NO4S/c1-3-17-7-9-19(10-8-17)23-24-21(16(2)28-23)11-12-27-20-6-4-5-18(13-20)14-29-15-22(25)26/h4-10,13H,3,11-12,14-15H2,1-2H3,(H,25,26). The largest absolute Gasteiger partial charge is 0.493 e. The number of ether oxygens (including phenoxy) is 1. The number of hydrogen-bond acceptors (Lipinski definition) is 5. The molecule has 0 atom stereocenters. The number of aryl methyl sites for hydroxylation is 2. The number of thioether (sulfide) groups is 1. The van der Waals surface area contributed by atoms with Crippen LogP contribution in [0.5, 0.6) is 5.75 Å². The lowest BCUT2D eigenvalue weighted by molar-refractivity contribution is -0.133. The average Bonchev–Trinajstić information content (AvgIpc) is 3.09. The maximum Gasteiger partial charge on any atom is 0.313 e. The maximum atomic E-state index is 10.6. The Morgan fingerprint density at radius 3 is 2.69 bits per heavy atom. The van der Waals surface area contributed by atoms with Gasteiger partial charge in [0.2, 0.25) is 5.89 Å². The normalized spacial score (nSPS) is 10.8. The number of oxazole rings is 1. The van der Waals surface area contributed by atoms with Crippen LogP contribution in [-0.2, 0) is 23.4 Å². The van der Waals surface area contributed by atoms with E-state index in [1.165, 1.54) is 17.3 Å². The van der Waals surface area contributed by atoms with Crippen molar-refractivity contribution in [3.63, 3.8) is 0 Å². The van der Waals surface area contributed by atoms with Crippen LogP contribution in [0.25, 0.3) is 11.5 Å². The quantitative estimate of drug-likeness (QED) is 0.497. The van der Waals surface area contributed by atoms with Crippen molar-refractivity contribution in [2.75, 3.05) is 12.4 Å². The first-order chi connectivity index (χ1) is 14.0.